The van der Waals surface area contributed by atoms with Gasteiger partial charge in [-0.2, -0.15) is 0 Å². The first-order valence-corrected chi connectivity index (χ1v) is 6.96. The van der Waals surface area contributed by atoms with Crippen LogP contribution in [0.4, 0.5) is 10.2 Å². The first-order chi connectivity index (χ1) is 9.56. The molecule has 102 valence electrons. The van der Waals surface area contributed by atoms with E-state index in [2.05, 4.69) is 12.1 Å². The maximum absolute atomic E-state index is 13.0. The predicted molar refractivity (Wildman–Crippen MR) is 79.1 cm³/mol. The van der Waals surface area contributed by atoms with Crippen molar-refractivity contribution in [1.82, 2.24) is 5.16 Å². The fourth-order valence-electron chi connectivity index (χ4n) is 2.05. The summed E-state index contributed by atoms with van der Waals surface area (Å²) in [6, 6.07) is 8.20. The highest BCUT2D eigenvalue weighted by molar-refractivity contribution is 7.15. The van der Waals surface area contributed by atoms with Gasteiger partial charge in [0.15, 0.2) is 11.6 Å². The molecule has 0 fully saturated rings. The van der Waals surface area contributed by atoms with E-state index in [0.717, 1.165) is 10.4 Å². The number of hydrogen-bond donors (Lipinski definition) is 1. The van der Waals surface area contributed by atoms with Gasteiger partial charge in [-0.3, -0.25) is 0 Å². The van der Waals surface area contributed by atoms with Crippen molar-refractivity contribution in [2.75, 3.05) is 5.73 Å². The van der Waals surface area contributed by atoms with Crippen LogP contribution in [0.25, 0.3) is 21.8 Å². The Bertz CT molecular complexity index is 739. The Morgan fingerprint density at radius 2 is 1.90 bits per heavy atom. The van der Waals surface area contributed by atoms with E-state index in [1.165, 1.54) is 22.6 Å². The molecule has 3 aromatic rings. The number of thiophene rings is 1. The van der Waals surface area contributed by atoms with Gasteiger partial charge in [-0.1, -0.05) is 17.3 Å². The number of nitrogen functional groups attached to an aromatic ring is 1. The number of nitrogens with two attached hydrogens (primary N) is 1. The van der Waals surface area contributed by atoms with Crippen LogP contribution in [-0.4, -0.2) is 5.16 Å². The monoisotopic (exact) mass is 288 g/mol. The smallest absolute Gasteiger partial charge is 0.186 e. The molecule has 0 bridgehead atoms. The minimum Gasteiger partial charge on any atom is -0.380 e. The summed E-state index contributed by atoms with van der Waals surface area (Å²) >= 11 is 1.63. The summed E-state index contributed by atoms with van der Waals surface area (Å²) in [6.07, 6.45) is 0. The first-order valence-electron chi connectivity index (χ1n) is 6.14. The first kappa shape index (κ1) is 12.9. The van der Waals surface area contributed by atoms with Gasteiger partial charge in [0.2, 0.25) is 0 Å². The van der Waals surface area contributed by atoms with E-state index in [-0.39, 0.29) is 5.82 Å². The van der Waals surface area contributed by atoms with Gasteiger partial charge >= 0.3 is 0 Å². The summed E-state index contributed by atoms with van der Waals surface area (Å²) in [4.78, 5) is 2.20. The van der Waals surface area contributed by atoms with Crippen molar-refractivity contribution in [3.63, 3.8) is 0 Å². The van der Waals surface area contributed by atoms with Gasteiger partial charge in [-0.15, -0.1) is 11.3 Å². The van der Waals surface area contributed by atoms with E-state index in [1.54, 1.807) is 23.5 Å². The Hall–Kier alpha value is -2.14. The fourth-order valence-corrected chi connectivity index (χ4v) is 3.07. The van der Waals surface area contributed by atoms with Gasteiger partial charge in [0, 0.05) is 4.88 Å². The third kappa shape index (κ3) is 2.10. The molecule has 0 amide bonds. The molecule has 1 aromatic carbocycles. The van der Waals surface area contributed by atoms with Gasteiger partial charge in [0.05, 0.1) is 10.4 Å². The molecule has 2 N–H and O–H groups in total. The number of benzene rings is 1. The van der Waals surface area contributed by atoms with E-state index in [1.807, 2.05) is 13.0 Å². The van der Waals surface area contributed by atoms with Crippen molar-refractivity contribution in [2.45, 2.75) is 13.8 Å². The van der Waals surface area contributed by atoms with Crippen LogP contribution in [0.3, 0.4) is 0 Å². The van der Waals surface area contributed by atoms with Gasteiger partial charge in [-0.05, 0) is 43.2 Å². The lowest BCUT2D eigenvalue weighted by molar-refractivity contribution is 0.437. The van der Waals surface area contributed by atoms with Gasteiger partial charge < -0.3 is 10.3 Å². The van der Waals surface area contributed by atoms with Gasteiger partial charge in [-0.25, -0.2) is 4.39 Å². The summed E-state index contributed by atoms with van der Waals surface area (Å²) in [5.74, 6) is 0.666. The number of rotatable bonds is 2. The normalized spacial score (nSPS) is 10.9. The van der Waals surface area contributed by atoms with Crippen molar-refractivity contribution < 1.29 is 8.91 Å². The molecule has 0 aliphatic rings. The second-order valence-corrected chi connectivity index (χ2v) is 5.89. The highest BCUT2D eigenvalue weighted by Crippen LogP contribution is 2.40. The number of nitrogens with zero attached hydrogens (tertiary/aromatic N) is 1. The Kier molecular flexibility index (Phi) is 3.06. The Morgan fingerprint density at radius 1 is 1.20 bits per heavy atom. The molecule has 0 atom stereocenters. The summed E-state index contributed by atoms with van der Waals surface area (Å²) in [7, 11) is 0. The molecular weight excluding hydrogens is 275 g/mol. The Morgan fingerprint density at radius 3 is 2.50 bits per heavy atom. The molecule has 0 aliphatic heterocycles. The molecule has 0 aliphatic carbocycles. The number of halogens is 1. The van der Waals surface area contributed by atoms with E-state index in [9.17, 15) is 4.39 Å². The summed E-state index contributed by atoms with van der Waals surface area (Å²) in [5, 5.41) is 3.85. The summed E-state index contributed by atoms with van der Waals surface area (Å²) < 4.78 is 18.4. The zero-order chi connectivity index (χ0) is 14.3. The van der Waals surface area contributed by atoms with Crippen LogP contribution in [0.1, 0.15) is 10.4 Å². The quantitative estimate of drug-likeness (QED) is 0.760. The molecule has 0 unspecified atom stereocenters. The van der Waals surface area contributed by atoms with Crippen molar-refractivity contribution in [3.8, 4) is 21.8 Å². The minimum absolute atomic E-state index is 0.284. The lowest BCUT2D eigenvalue weighted by Crippen LogP contribution is -1.88. The molecule has 2 heterocycles. The zero-order valence-electron chi connectivity index (χ0n) is 11.1. The molecule has 5 heteroatoms. The lowest BCUT2D eigenvalue weighted by atomic mass is 10.0. The van der Waals surface area contributed by atoms with Crippen LogP contribution in [0.2, 0.25) is 0 Å². The molecule has 0 spiro atoms. The molecule has 2 aromatic heterocycles. The van der Waals surface area contributed by atoms with E-state index < -0.39 is 0 Å². The Balaban J connectivity index is 2.16. The average Bonchev–Trinajstić information content (AvgIpc) is 2.95. The molecular formula is C15H13FN2OS. The highest BCUT2D eigenvalue weighted by atomic mass is 32.1. The van der Waals surface area contributed by atoms with Crippen LogP contribution >= 0.6 is 11.3 Å². The molecule has 3 nitrogen and oxygen atoms in total. The van der Waals surface area contributed by atoms with Crippen LogP contribution < -0.4 is 5.73 Å². The summed E-state index contributed by atoms with van der Waals surface area (Å²) in [5.41, 5.74) is 8.61. The Labute approximate surface area is 119 Å². The van der Waals surface area contributed by atoms with Crippen molar-refractivity contribution in [3.05, 3.63) is 46.6 Å². The lowest BCUT2D eigenvalue weighted by Gasteiger charge is -2.01. The van der Waals surface area contributed by atoms with Crippen LogP contribution in [-0.2, 0) is 0 Å². The second kappa shape index (κ2) is 4.76. The maximum Gasteiger partial charge on any atom is 0.186 e. The zero-order valence-corrected chi connectivity index (χ0v) is 11.9. The molecule has 0 saturated heterocycles. The van der Waals surface area contributed by atoms with Gasteiger partial charge in [0.25, 0.3) is 0 Å². The van der Waals surface area contributed by atoms with Crippen molar-refractivity contribution >= 4 is 17.2 Å². The van der Waals surface area contributed by atoms with E-state index in [4.69, 9.17) is 10.3 Å². The van der Waals surface area contributed by atoms with Gasteiger partial charge in [0.1, 0.15) is 5.82 Å². The summed E-state index contributed by atoms with van der Waals surface area (Å²) in [6.45, 7) is 4.10. The van der Waals surface area contributed by atoms with Crippen LogP contribution in [0.5, 0.6) is 0 Å². The van der Waals surface area contributed by atoms with Crippen molar-refractivity contribution in [2.24, 2.45) is 0 Å². The topological polar surface area (TPSA) is 52.0 Å². The third-order valence-corrected chi connectivity index (χ3v) is 4.39. The van der Waals surface area contributed by atoms with E-state index in [0.29, 0.717) is 17.1 Å². The largest absolute Gasteiger partial charge is 0.380 e. The number of aryl methyl sites for hydroxylation is 2. The predicted octanol–water partition coefficient (Wildman–Crippen LogP) is 4.41. The third-order valence-electron chi connectivity index (χ3n) is 3.24. The fraction of sp³-hybridized carbons (Fsp3) is 0.133. The SMILES string of the molecule is Cc1cc(-c2onc(N)c2-c2ccc(F)cc2)sc1C. The van der Waals surface area contributed by atoms with Crippen LogP contribution in [0.15, 0.2) is 34.9 Å². The van der Waals surface area contributed by atoms with Crippen LogP contribution in [0, 0.1) is 19.7 Å². The molecule has 0 saturated carbocycles. The average molecular weight is 288 g/mol. The molecule has 3 rings (SSSR count). The number of aromatic nitrogens is 1. The van der Waals surface area contributed by atoms with E-state index >= 15 is 0 Å². The van der Waals surface area contributed by atoms with Crippen molar-refractivity contribution in [1.29, 1.82) is 0 Å². The molecule has 20 heavy (non-hydrogen) atoms. The highest BCUT2D eigenvalue weighted by Gasteiger charge is 2.19. The standard InChI is InChI=1S/C15H13FN2OS/c1-8-7-12(20-9(8)2)14-13(15(17)18-19-14)10-3-5-11(16)6-4-10/h3-7H,1-2H3,(H2,17,18). The maximum atomic E-state index is 13.0. The minimum atomic E-state index is -0.284. The second-order valence-electron chi connectivity index (χ2n) is 4.63. The number of hydrogen-bond acceptors (Lipinski definition) is 4. The molecule has 0 radical (unpaired) electrons. The number of anilines is 1.